The van der Waals surface area contributed by atoms with Crippen LogP contribution in [0.25, 0.3) is 5.52 Å². The number of rotatable bonds is 5. The number of anilines is 1. The van der Waals surface area contributed by atoms with Gasteiger partial charge < -0.3 is 16.8 Å². The normalized spacial score (nSPS) is 25.8. The van der Waals surface area contributed by atoms with Gasteiger partial charge in [-0.3, -0.25) is 0 Å². The van der Waals surface area contributed by atoms with Crippen LogP contribution in [0.2, 0.25) is 0 Å². The van der Waals surface area contributed by atoms with Gasteiger partial charge in [0.05, 0.1) is 28.7 Å². The first-order valence-corrected chi connectivity index (χ1v) is 11.2. The van der Waals surface area contributed by atoms with Crippen molar-refractivity contribution in [2.75, 3.05) is 5.32 Å². The van der Waals surface area contributed by atoms with Gasteiger partial charge in [0.2, 0.25) is 0 Å². The smallest absolute Gasteiger partial charge is 0.135 e. The molecule has 6 nitrogen and oxygen atoms in total. The van der Waals surface area contributed by atoms with Crippen molar-refractivity contribution in [1.29, 1.82) is 0 Å². The largest absolute Gasteiger partial charge is 0.383 e. The van der Waals surface area contributed by atoms with E-state index in [1.54, 1.807) is 0 Å². The summed E-state index contributed by atoms with van der Waals surface area (Å²) in [5.41, 5.74) is 18.0. The van der Waals surface area contributed by atoms with E-state index in [-0.39, 0.29) is 17.0 Å². The van der Waals surface area contributed by atoms with E-state index in [9.17, 15) is 0 Å². The molecular weight excluding hydrogens is 384 g/mol. The molecule has 31 heavy (non-hydrogen) atoms. The molecule has 2 heterocycles. The molecule has 162 valence electrons. The Labute approximate surface area is 183 Å². The van der Waals surface area contributed by atoms with Crippen LogP contribution in [0.3, 0.4) is 0 Å². The van der Waals surface area contributed by atoms with Crippen LogP contribution in [0.1, 0.15) is 63.5 Å². The minimum Gasteiger partial charge on any atom is -0.383 e. The summed E-state index contributed by atoms with van der Waals surface area (Å²) in [6, 6.07) is 12.6. The number of aromatic nitrogens is 2. The van der Waals surface area contributed by atoms with Crippen molar-refractivity contribution >= 4 is 22.7 Å². The van der Waals surface area contributed by atoms with E-state index in [0.29, 0.717) is 11.8 Å². The third-order valence-corrected chi connectivity index (χ3v) is 7.65. The van der Waals surface area contributed by atoms with Gasteiger partial charge in [-0.15, -0.1) is 0 Å². The van der Waals surface area contributed by atoms with E-state index >= 15 is 0 Å². The van der Waals surface area contributed by atoms with Crippen LogP contribution in [-0.2, 0) is 0 Å². The molecule has 3 aromatic rings. The molecule has 5 rings (SSSR count). The molecule has 5 N–H and O–H groups in total. The maximum atomic E-state index is 6.64. The fourth-order valence-electron chi connectivity index (χ4n) is 4.81. The predicted octanol–water partition coefficient (Wildman–Crippen LogP) is 4.57. The van der Waals surface area contributed by atoms with Crippen LogP contribution in [0.4, 0.5) is 11.4 Å². The van der Waals surface area contributed by atoms with Crippen molar-refractivity contribution < 1.29 is 0 Å². The van der Waals surface area contributed by atoms with Crippen LogP contribution >= 0.6 is 0 Å². The molecule has 0 bridgehead atoms. The molecule has 2 fully saturated rings. The van der Waals surface area contributed by atoms with Crippen LogP contribution in [0, 0.1) is 5.41 Å². The average Bonchev–Trinajstić information content (AvgIpc) is 3.42. The van der Waals surface area contributed by atoms with Gasteiger partial charge in [-0.1, -0.05) is 32.0 Å². The number of hydrogen-bond donors (Lipinski definition) is 3. The number of nitrogens with zero attached hydrogens (tertiary/aromatic N) is 3. The third kappa shape index (κ3) is 3.39. The molecule has 1 aromatic carbocycles. The Bertz CT molecular complexity index is 1150. The quantitative estimate of drug-likeness (QED) is 0.420. The summed E-state index contributed by atoms with van der Waals surface area (Å²) in [4.78, 5) is 4.86. The molecule has 2 unspecified atom stereocenters. The number of amidine groups is 1. The monoisotopic (exact) mass is 416 g/mol. The summed E-state index contributed by atoms with van der Waals surface area (Å²) in [5.74, 6) is 1.09. The molecule has 2 atom stereocenters. The lowest BCUT2D eigenvalue weighted by Crippen LogP contribution is -2.51. The Hall–Kier alpha value is -2.86. The standard InChI is InChI=1S/C25H32N6/c1-24(2)21(12-13-25(24,3)27)30-22-18(15-28-31-14-6-9-20(22)31)23(26)29-19-8-5-4-7-17(19)16-10-11-16/h4-9,14-16,21,30H,10-13,27H2,1-3H3,(H2,26,29). The molecule has 0 radical (unpaired) electrons. The van der Waals surface area contributed by atoms with Gasteiger partial charge in [0.15, 0.2) is 0 Å². The van der Waals surface area contributed by atoms with Crippen LogP contribution in [0.15, 0.2) is 53.8 Å². The van der Waals surface area contributed by atoms with Gasteiger partial charge in [0, 0.05) is 23.2 Å². The summed E-state index contributed by atoms with van der Waals surface area (Å²) < 4.78 is 1.88. The lowest BCUT2D eigenvalue weighted by Gasteiger charge is -2.39. The first kappa shape index (κ1) is 20.1. The molecule has 0 saturated heterocycles. The van der Waals surface area contributed by atoms with Gasteiger partial charge in [0.25, 0.3) is 0 Å². The molecule has 0 amide bonds. The fraction of sp³-hybridized carbons (Fsp3) is 0.440. The summed E-state index contributed by atoms with van der Waals surface area (Å²) in [7, 11) is 0. The number of nitrogens with two attached hydrogens (primary N) is 2. The minimum absolute atomic E-state index is 0.0679. The minimum atomic E-state index is -0.223. The Kier molecular flexibility index (Phi) is 4.59. The van der Waals surface area contributed by atoms with Gasteiger partial charge in [-0.2, -0.15) is 5.10 Å². The highest BCUT2D eigenvalue weighted by molar-refractivity contribution is 6.06. The first-order chi connectivity index (χ1) is 14.8. The van der Waals surface area contributed by atoms with Crippen molar-refractivity contribution in [2.45, 2.75) is 64.0 Å². The Morgan fingerprint density at radius 3 is 2.61 bits per heavy atom. The molecule has 2 aromatic heterocycles. The lowest BCUT2D eigenvalue weighted by molar-refractivity contribution is 0.215. The van der Waals surface area contributed by atoms with Crippen LogP contribution in [0.5, 0.6) is 0 Å². The van der Waals surface area contributed by atoms with Gasteiger partial charge in [-0.25, -0.2) is 9.51 Å². The third-order valence-electron chi connectivity index (χ3n) is 7.65. The lowest BCUT2D eigenvalue weighted by atomic mass is 9.75. The average molecular weight is 417 g/mol. The van der Waals surface area contributed by atoms with Crippen LogP contribution in [-0.4, -0.2) is 27.0 Å². The molecule has 2 saturated carbocycles. The van der Waals surface area contributed by atoms with E-state index in [0.717, 1.165) is 35.3 Å². The number of para-hydroxylation sites is 1. The predicted molar refractivity (Wildman–Crippen MR) is 127 cm³/mol. The molecule has 2 aliphatic rings. The van der Waals surface area contributed by atoms with Crippen LogP contribution < -0.4 is 16.8 Å². The summed E-state index contributed by atoms with van der Waals surface area (Å²) in [5, 5.41) is 8.36. The van der Waals surface area contributed by atoms with Gasteiger partial charge in [-0.05, 0) is 62.3 Å². The Morgan fingerprint density at radius 1 is 1.13 bits per heavy atom. The van der Waals surface area contributed by atoms with E-state index in [1.165, 1.54) is 18.4 Å². The second kappa shape index (κ2) is 7.09. The topological polar surface area (TPSA) is 93.7 Å². The fourth-order valence-corrected chi connectivity index (χ4v) is 4.81. The van der Waals surface area contributed by atoms with E-state index in [2.05, 4.69) is 55.5 Å². The highest BCUT2D eigenvalue weighted by atomic mass is 15.2. The second-order valence-corrected chi connectivity index (χ2v) is 9.98. The number of benzene rings is 1. The van der Waals surface area contributed by atoms with Crippen molar-refractivity contribution in [3.05, 3.63) is 59.9 Å². The number of hydrogen-bond acceptors (Lipinski definition) is 4. The second-order valence-electron chi connectivity index (χ2n) is 9.98. The van der Waals surface area contributed by atoms with Crippen molar-refractivity contribution in [1.82, 2.24) is 9.61 Å². The Morgan fingerprint density at radius 2 is 1.90 bits per heavy atom. The SMILES string of the molecule is CC1(N)CCC(Nc2c(/C(N)=N/c3ccccc3C3CC3)cnn3cccc23)C1(C)C. The molecule has 0 spiro atoms. The van der Waals surface area contributed by atoms with E-state index in [4.69, 9.17) is 16.5 Å². The zero-order chi connectivity index (χ0) is 21.8. The molecule has 6 heteroatoms. The van der Waals surface area contributed by atoms with Crippen molar-refractivity contribution in [3.63, 3.8) is 0 Å². The maximum absolute atomic E-state index is 6.64. The highest BCUT2D eigenvalue weighted by Gasteiger charge is 2.49. The maximum Gasteiger partial charge on any atom is 0.135 e. The number of nitrogens with one attached hydrogen (secondary N) is 1. The molecular formula is C25H32N6. The number of fused-ring (bicyclic) bond motifs is 1. The highest BCUT2D eigenvalue weighted by Crippen LogP contribution is 2.46. The molecule has 2 aliphatic carbocycles. The number of aliphatic imine (C=N–C) groups is 1. The van der Waals surface area contributed by atoms with Crippen molar-refractivity contribution in [3.8, 4) is 0 Å². The molecule has 0 aliphatic heterocycles. The van der Waals surface area contributed by atoms with Gasteiger partial charge >= 0.3 is 0 Å². The van der Waals surface area contributed by atoms with E-state index < -0.39 is 0 Å². The summed E-state index contributed by atoms with van der Waals surface area (Å²) in [6.45, 7) is 6.65. The summed E-state index contributed by atoms with van der Waals surface area (Å²) >= 11 is 0. The van der Waals surface area contributed by atoms with Gasteiger partial charge in [0.1, 0.15) is 5.84 Å². The zero-order valence-electron chi connectivity index (χ0n) is 18.6. The first-order valence-electron chi connectivity index (χ1n) is 11.2. The Balaban J connectivity index is 1.57. The zero-order valence-corrected chi connectivity index (χ0v) is 18.6. The van der Waals surface area contributed by atoms with E-state index in [1.807, 2.05) is 29.0 Å². The van der Waals surface area contributed by atoms with Crippen molar-refractivity contribution in [2.24, 2.45) is 21.9 Å². The summed E-state index contributed by atoms with van der Waals surface area (Å²) in [6.07, 6.45) is 8.21.